The van der Waals surface area contributed by atoms with Crippen LogP contribution in [0.2, 0.25) is 0 Å². The molecule has 0 aliphatic carbocycles. The molecule has 0 saturated heterocycles. The van der Waals surface area contributed by atoms with E-state index in [2.05, 4.69) is 26.4 Å². The van der Waals surface area contributed by atoms with Gasteiger partial charge in [0.25, 0.3) is 5.91 Å². The quantitative estimate of drug-likeness (QED) is 0.655. The minimum atomic E-state index is -0.658. The van der Waals surface area contributed by atoms with Crippen LogP contribution in [0.25, 0.3) is 0 Å². The molecule has 20 heavy (non-hydrogen) atoms. The topological polar surface area (TPSA) is 50.7 Å². The Labute approximate surface area is 129 Å². The van der Waals surface area contributed by atoms with Gasteiger partial charge in [-0.15, -0.1) is 11.3 Å². The summed E-state index contributed by atoms with van der Waals surface area (Å²) in [4.78, 5) is 18.0. The maximum atomic E-state index is 11.9. The summed E-state index contributed by atoms with van der Waals surface area (Å²) in [5.74, 6) is -0.240. The smallest absolute Gasteiger partial charge is 0.267 e. The highest BCUT2D eigenvalue weighted by Gasteiger charge is 2.13. The Balaban J connectivity index is 1.84. The Kier molecular flexibility index (Phi) is 5.31. The molecule has 2 rings (SSSR count). The Morgan fingerprint density at radius 1 is 1.40 bits per heavy atom. The molecule has 0 aliphatic rings. The molecule has 4 nitrogen and oxygen atoms in total. The molecule has 0 radical (unpaired) electrons. The summed E-state index contributed by atoms with van der Waals surface area (Å²) >= 11 is 4.89. The van der Waals surface area contributed by atoms with E-state index in [1.807, 2.05) is 41.8 Å². The van der Waals surface area contributed by atoms with Gasteiger partial charge in [0.15, 0.2) is 0 Å². The molecule has 1 amide bonds. The molecule has 104 valence electrons. The SMILES string of the molecule is CC(O/N=C/c1cccs1)C(=O)Nc1ccc(Br)cc1. The third kappa shape index (κ3) is 4.47. The van der Waals surface area contributed by atoms with E-state index in [0.29, 0.717) is 0 Å². The van der Waals surface area contributed by atoms with Crippen LogP contribution in [-0.2, 0) is 9.63 Å². The number of rotatable bonds is 5. The second-order valence-electron chi connectivity index (χ2n) is 3.99. The van der Waals surface area contributed by atoms with Gasteiger partial charge in [-0.25, -0.2) is 0 Å². The van der Waals surface area contributed by atoms with Crippen LogP contribution in [0.4, 0.5) is 5.69 Å². The molecule has 0 bridgehead atoms. The first-order chi connectivity index (χ1) is 9.65. The monoisotopic (exact) mass is 352 g/mol. The first-order valence-corrected chi connectivity index (χ1v) is 7.61. The van der Waals surface area contributed by atoms with Crippen LogP contribution >= 0.6 is 27.3 Å². The number of benzene rings is 1. The molecule has 1 aromatic carbocycles. The predicted molar refractivity (Wildman–Crippen MR) is 85.2 cm³/mol. The maximum absolute atomic E-state index is 11.9. The molecule has 1 unspecified atom stereocenters. The fourth-order valence-electron chi connectivity index (χ4n) is 1.36. The third-order valence-corrected chi connectivity index (χ3v) is 3.76. The van der Waals surface area contributed by atoms with Crippen LogP contribution in [0, 0.1) is 0 Å². The summed E-state index contributed by atoms with van der Waals surface area (Å²) < 4.78 is 0.959. The highest BCUT2D eigenvalue weighted by atomic mass is 79.9. The van der Waals surface area contributed by atoms with Crippen molar-refractivity contribution in [3.8, 4) is 0 Å². The van der Waals surface area contributed by atoms with Crippen LogP contribution in [0.1, 0.15) is 11.8 Å². The summed E-state index contributed by atoms with van der Waals surface area (Å²) in [7, 11) is 0. The number of halogens is 1. The number of oxime groups is 1. The summed E-state index contributed by atoms with van der Waals surface area (Å²) in [6, 6.07) is 11.2. The Bertz CT molecular complexity index is 582. The van der Waals surface area contributed by atoms with E-state index in [9.17, 15) is 4.79 Å². The Morgan fingerprint density at radius 3 is 2.80 bits per heavy atom. The Morgan fingerprint density at radius 2 is 2.15 bits per heavy atom. The van der Waals surface area contributed by atoms with Gasteiger partial charge in [-0.05, 0) is 42.6 Å². The van der Waals surface area contributed by atoms with Gasteiger partial charge < -0.3 is 10.2 Å². The second kappa shape index (κ2) is 7.21. The molecule has 6 heteroatoms. The van der Waals surface area contributed by atoms with Crippen LogP contribution in [-0.4, -0.2) is 18.2 Å². The standard InChI is InChI=1S/C14H13BrN2O2S/c1-10(19-16-9-13-3-2-8-20-13)14(18)17-12-6-4-11(15)5-7-12/h2-10H,1H3,(H,17,18)/b16-9+. The summed E-state index contributed by atoms with van der Waals surface area (Å²) in [5, 5.41) is 8.51. The number of nitrogens with one attached hydrogen (secondary N) is 1. The van der Waals surface area contributed by atoms with E-state index in [-0.39, 0.29) is 5.91 Å². The fourth-order valence-corrected chi connectivity index (χ4v) is 2.20. The fraction of sp³-hybridized carbons (Fsp3) is 0.143. The number of nitrogens with zero attached hydrogens (tertiary/aromatic N) is 1. The zero-order valence-corrected chi connectivity index (χ0v) is 13.1. The van der Waals surface area contributed by atoms with Crippen LogP contribution in [0.3, 0.4) is 0 Å². The number of amides is 1. The van der Waals surface area contributed by atoms with E-state index in [4.69, 9.17) is 4.84 Å². The van der Waals surface area contributed by atoms with Crippen molar-refractivity contribution >= 4 is 45.1 Å². The van der Waals surface area contributed by atoms with Crippen molar-refractivity contribution in [2.75, 3.05) is 5.32 Å². The third-order valence-electron chi connectivity index (χ3n) is 2.42. The number of thiophene rings is 1. The van der Waals surface area contributed by atoms with Crippen LogP contribution in [0.15, 0.2) is 51.4 Å². The zero-order valence-electron chi connectivity index (χ0n) is 10.7. The first-order valence-electron chi connectivity index (χ1n) is 5.94. The molecule has 1 aromatic heterocycles. The van der Waals surface area contributed by atoms with Gasteiger partial charge in [0.1, 0.15) is 0 Å². The minimum Gasteiger partial charge on any atom is -0.383 e. The predicted octanol–water partition coefficient (Wildman–Crippen LogP) is 3.89. The molecular formula is C14H13BrN2O2S. The van der Waals surface area contributed by atoms with Gasteiger partial charge in [-0.2, -0.15) is 0 Å². The molecular weight excluding hydrogens is 340 g/mol. The van der Waals surface area contributed by atoms with Crippen molar-refractivity contribution in [3.63, 3.8) is 0 Å². The average molecular weight is 353 g/mol. The normalized spacial score (nSPS) is 12.3. The maximum Gasteiger partial charge on any atom is 0.267 e. The lowest BCUT2D eigenvalue weighted by atomic mass is 10.3. The van der Waals surface area contributed by atoms with E-state index >= 15 is 0 Å². The van der Waals surface area contributed by atoms with Crippen LogP contribution in [0.5, 0.6) is 0 Å². The highest BCUT2D eigenvalue weighted by Crippen LogP contribution is 2.14. The van der Waals surface area contributed by atoms with Gasteiger partial charge in [0.05, 0.1) is 6.21 Å². The van der Waals surface area contributed by atoms with Crippen molar-refractivity contribution in [1.29, 1.82) is 0 Å². The molecule has 1 N–H and O–H groups in total. The molecule has 1 heterocycles. The number of hydrogen-bond donors (Lipinski definition) is 1. The first kappa shape index (κ1) is 14.7. The highest BCUT2D eigenvalue weighted by molar-refractivity contribution is 9.10. The largest absolute Gasteiger partial charge is 0.383 e. The van der Waals surface area contributed by atoms with Crippen molar-refractivity contribution < 1.29 is 9.63 Å². The van der Waals surface area contributed by atoms with E-state index in [1.165, 1.54) is 0 Å². The molecule has 0 spiro atoms. The lowest BCUT2D eigenvalue weighted by molar-refractivity contribution is -0.126. The minimum absolute atomic E-state index is 0.240. The number of hydrogen-bond acceptors (Lipinski definition) is 4. The molecule has 0 fully saturated rings. The summed E-state index contributed by atoms with van der Waals surface area (Å²) in [6.45, 7) is 1.65. The average Bonchev–Trinajstić information content (AvgIpc) is 2.94. The van der Waals surface area contributed by atoms with Gasteiger partial charge in [-0.1, -0.05) is 27.2 Å². The second-order valence-corrected chi connectivity index (χ2v) is 5.89. The molecule has 0 aliphatic heterocycles. The van der Waals surface area contributed by atoms with Gasteiger partial charge in [0, 0.05) is 15.0 Å². The molecule has 2 aromatic rings. The van der Waals surface area contributed by atoms with E-state index in [0.717, 1.165) is 15.0 Å². The van der Waals surface area contributed by atoms with Gasteiger partial charge in [0.2, 0.25) is 6.10 Å². The van der Waals surface area contributed by atoms with Gasteiger partial charge in [-0.3, -0.25) is 4.79 Å². The number of carbonyl (C=O) groups is 1. The lowest BCUT2D eigenvalue weighted by Gasteiger charge is -2.10. The van der Waals surface area contributed by atoms with E-state index < -0.39 is 6.10 Å². The van der Waals surface area contributed by atoms with Crippen molar-refractivity contribution in [3.05, 3.63) is 51.1 Å². The van der Waals surface area contributed by atoms with Crippen molar-refractivity contribution in [2.45, 2.75) is 13.0 Å². The summed E-state index contributed by atoms with van der Waals surface area (Å²) in [6.07, 6.45) is 0.934. The van der Waals surface area contributed by atoms with Crippen molar-refractivity contribution in [2.24, 2.45) is 5.16 Å². The van der Waals surface area contributed by atoms with Crippen molar-refractivity contribution in [1.82, 2.24) is 0 Å². The number of anilines is 1. The summed E-state index contributed by atoms with van der Waals surface area (Å²) in [5.41, 5.74) is 0.718. The Hall–Kier alpha value is -1.66. The zero-order chi connectivity index (χ0) is 14.4. The van der Waals surface area contributed by atoms with Gasteiger partial charge >= 0.3 is 0 Å². The molecule has 1 atom stereocenters. The molecule has 0 saturated carbocycles. The van der Waals surface area contributed by atoms with Crippen LogP contribution < -0.4 is 5.32 Å². The lowest BCUT2D eigenvalue weighted by Crippen LogP contribution is -2.26. The number of carbonyl (C=O) groups excluding carboxylic acids is 1. The van der Waals surface area contributed by atoms with E-state index in [1.54, 1.807) is 24.5 Å².